The van der Waals surface area contributed by atoms with Gasteiger partial charge in [-0.3, -0.25) is 0 Å². The van der Waals surface area contributed by atoms with Crippen LogP contribution in [0.2, 0.25) is 0 Å². The van der Waals surface area contributed by atoms with Crippen molar-refractivity contribution in [2.75, 3.05) is 24.8 Å². The van der Waals surface area contributed by atoms with Gasteiger partial charge in [0.25, 0.3) is 0 Å². The van der Waals surface area contributed by atoms with Gasteiger partial charge < -0.3 is 0 Å². The van der Waals surface area contributed by atoms with Crippen LogP contribution in [0.25, 0.3) is 0 Å². The SMILES string of the molecule is CS(=O)c1ccccc1C(=O)CP(OB(Oc1cc(C(F)(F)F)cc(C(F)(F)F)c1)OP(CC(=O)c1ccccc1S(C)=O)(c1ccccc1)(c1ccccc1)c1ccccc1)(c1ccccc1)(c1ccccc1)c1ccccc1. The Morgan fingerprint density at radius 3 is 0.900 bits per heavy atom. The molecule has 9 rings (SSSR count). The number of ketones is 2. The van der Waals surface area contributed by atoms with Crippen molar-refractivity contribution in [1.29, 1.82) is 0 Å². The molecule has 0 heterocycles. The molecule has 7 nitrogen and oxygen atoms in total. The van der Waals surface area contributed by atoms with Crippen LogP contribution in [0.4, 0.5) is 26.3 Å². The summed E-state index contributed by atoms with van der Waals surface area (Å²) in [6.45, 7) is -10.9. The van der Waals surface area contributed by atoms with Crippen LogP contribution in [-0.2, 0) is 42.8 Å². The summed E-state index contributed by atoms with van der Waals surface area (Å²) in [5, 5.41) is 2.04. The van der Waals surface area contributed by atoms with Crippen LogP contribution in [0.15, 0.2) is 259 Å². The van der Waals surface area contributed by atoms with Gasteiger partial charge in [0.1, 0.15) is 0 Å². The molecule has 2 unspecified atom stereocenters. The van der Waals surface area contributed by atoms with Crippen LogP contribution in [-0.4, -0.2) is 52.1 Å². The van der Waals surface area contributed by atoms with Gasteiger partial charge >= 0.3 is 468 Å². The van der Waals surface area contributed by atoms with Gasteiger partial charge in [0.05, 0.1) is 0 Å². The summed E-state index contributed by atoms with van der Waals surface area (Å²) < 4.78 is 140. The Bertz CT molecular complexity index is 3280. The Morgan fingerprint density at radius 2 is 0.650 bits per heavy atom. The molecule has 80 heavy (non-hydrogen) atoms. The Labute approximate surface area is 465 Å². The molecule has 9 aromatic rings. The Kier molecular flexibility index (Phi) is 16.6. The summed E-state index contributed by atoms with van der Waals surface area (Å²) in [6, 6.07) is 64.9. The first-order valence-corrected chi connectivity index (χ1v) is 32.7. The molecule has 408 valence electrons. The Balaban J connectivity index is 1.49. The molecule has 18 heteroatoms. The number of carbonyl (C=O) groups excluding carboxylic acids is 2. The van der Waals surface area contributed by atoms with Gasteiger partial charge in [-0.2, -0.15) is 0 Å². The van der Waals surface area contributed by atoms with Crippen LogP contribution >= 0.6 is 13.7 Å². The summed E-state index contributed by atoms with van der Waals surface area (Å²) in [4.78, 5) is 32.3. The average molecular weight is 1160 g/mol. The predicted molar refractivity (Wildman–Crippen MR) is 311 cm³/mol. The number of hydrogen-bond acceptors (Lipinski definition) is 7. The number of benzene rings is 9. The van der Waals surface area contributed by atoms with Gasteiger partial charge in [0.2, 0.25) is 0 Å². The number of hydrogen-bond donors (Lipinski definition) is 0. The molecule has 0 aliphatic carbocycles. The van der Waals surface area contributed by atoms with Gasteiger partial charge in [-0.15, -0.1) is 0 Å². The molecule has 0 bridgehead atoms. The molecule has 0 aromatic heterocycles. The van der Waals surface area contributed by atoms with E-state index in [0.717, 1.165) is 0 Å². The van der Waals surface area contributed by atoms with Gasteiger partial charge in [-0.25, -0.2) is 0 Å². The second-order valence-corrected chi connectivity index (χ2v) is 30.6. The van der Waals surface area contributed by atoms with E-state index in [9.17, 15) is 8.42 Å². The monoisotopic (exact) mass is 1160 g/mol. The zero-order valence-electron chi connectivity index (χ0n) is 43.0. The molecule has 0 saturated carbocycles. The summed E-state index contributed by atoms with van der Waals surface area (Å²) in [5.41, 5.74) is -3.32. The van der Waals surface area contributed by atoms with E-state index in [1.807, 2.05) is 0 Å². The van der Waals surface area contributed by atoms with Crippen molar-refractivity contribution in [2.45, 2.75) is 22.1 Å². The van der Waals surface area contributed by atoms with E-state index in [2.05, 4.69) is 0 Å². The van der Waals surface area contributed by atoms with Crippen LogP contribution < -0.4 is 36.5 Å². The summed E-state index contributed by atoms with van der Waals surface area (Å²) in [7, 11) is -5.95. The van der Waals surface area contributed by atoms with Crippen molar-refractivity contribution in [3.8, 4) is 5.75 Å². The average Bonchev–Trinajstić information content (AvgIpc) is 3.45. The van der Waals surface area contributed by atoms with Crippen LogP contribution in [0, 0.1) is 0 Å². The first kappa shape index (κ1) is 57.5. The van der Waals surface area contributed by atoms with Gasteiger partial charge in [-0.1, -0.05) is 0 Å². The molecule has 0 saturated heterocycles. The van der Waals surface area contributed by atoms with E-state index in [0.29, 0.717) is 44.0 Å². The van der Waals surface area contributed by atoms with Crippen molar-refractivity contribution in [3.05, 3.63) is 271 Å². The van der Waals surface area contributed by atoms with Crippen molar-refractivity contribution in [3.63, 3.8) is 0 Å². The fraction of sp³-hybridized carbons (Fsp3) is 0.0968. The minimum absolute atomic E-state index is 0.0268. The van der Waals surface area contributed by atoms with E-state index >= 15 is 35.9 Å². The maximum atomic E-state index is 16.0. The first-order chi connectivity index (χ1) is 38.3. The van der Waals surface area contributed by atoms with Crippen molar-refractivity contribution in [1.82, 2.24) is 0 Å². The molecule has 0 spiro atoms. The third-order valence-corrected chi connectivity index (χ3v) is 27.5. The third-order valence-electron chi connectivity index (χ3n) is 14.1. The zero-order valence-corrected chi connectivity index (χ0v) is 46.4. The van der Waals surface area contributed by atoms with Crippen LogP contribution in [0.3, 0.4) is 0 Å². The van der Waals surface area contributed by atoms with E-state index in [1.165, 1.54) is 24.6 Å². The summed E-state index contributed by atoms with van der Waals surface area (Å²) >= 11 is 0. The summed E-state index contributed by atoms with van der Waals surface area (Å²) in [5.74, 6) is -2.20. The molecule has 0 amide bonds. The zero-order chi connectivity index (χ0) is 56.8. The van der Waals surface area contributed by atoms with E-state index in [-0.39, 0.29) is 27.0 Å². The molecule has 0 aliphatic heterocycles. The molecule has 0 aliphatic rings. The topological polar surface area (TPSA) is 96.0 Å². The van der Waals surface area contributed by atoms with Gasteiger partial charge in [0, 0.05) is 0 Å². The Morgan fingerprint density at radius 1 is 0.400 bits per heavy atom. The molecule has 0 radical (unpaired) electrons. The number of alkyl halides is 6. The molecule has 2 atom stereocenters. The number of carbonyl (C=O) groups is 2. The van der Waals surface area contributed by atoms with Crippen molar-refractivity contribution in [2.24, 2.45) is 0 Å². The second-order valence-electron chi connectivity index (χ2n) is 18.9. The quantitative estimate of drug-likeness (QED) is 0.0325. The standard InChI is InChI=1S/C62H51BF6O7P2S2/c1-79(72)59-39-23-21-37-55(59)57(70)44-77(49-25-9-3-10-26-49,50-27-11-4-12-28-50,51-29-13-5-14-30-51)75-63(74-48-42-46(61(64,65)66)41-47(43-48)62(67,68)69)76-78(52-31-15-6-16-32-52,53-33-17-7-18-34-53,54-35-19-8-20-36-54)45-58(71)56-38-22-24-40-60(56)80(2)73/h3-43H,44-45H2,1-2H3. The minimum atomic E-state index is -5.47. The fourth-order valence-corrected chi connectivity index (χ4v) is 23.0. The normalized spacial score (nSPS) is 13.8. The van der Waals surface area contributed by atoms with Gasteiger partial charge in [0.15, 0.2) is 0 Å². The Hall–Kier alpha value is -7.16. The van der Waals surface area contributed by atoms with Crippen molar-refractivity contribution < 1.29 is 57.9 Å². The van der Waals surface area contributed by atoms with Crippen LogP contribution in [0.5, 0.6) is 5.75 Å². The molecular weight excluding hydrogens is 1110 g/mol. The van der Waals surface area contributed by atoms with E-state index in [4.69, 9.17) is 13.5 Å². The fourth-order valence-electron chi connectivity index (χ4n) is 10.5. The predicted octanol–water partition coefficient (Wildman–Crippen LogP) is 12.3. The van der Waals surface area contributed by atoms with Gasteiger partial charge in [-0.05, 0) is 0 Å². The van der Waals surface area contributed by atoms with Crippen molar-refractivity contribution >= 4 is 86.0 Å². The van der Waals surface area contributed by atoms with E-state index < -0.39 is 95.7 Å². The van der Waals surface area contributed by atoms with E-state index in [1.54, 1.807) is 218 Å². The number of Topliss-reactive ketones (excluding diaryl/α,β-unsaturated/α-hetero) is 2. The number of halogens is 6. The maximum absolute atomic E-state index is 16.0. The summed E-state index contributed by atoms with van der Waals surface area (Å²) in [6.07, 6.45) is -9.08. The second kappa shape index (κ2) is 23.1. The first-order valence-electron chi connectivity index (χ1n) is 24.9. The molecule has 0 fully saturated rings. The third kappa shape index (κ3) is 10.8. The molecule has 9 aromatic carbocycles. The number of rotatable bonds is 20. The molecule has 0 N–H and O–H groups in total. The van der Waals surface area contributed by atoms with Crippen LogP contribution in [0.1, 0.15) is 31.8 Å². The molecular formula is C62H51BF6O7P2S2.